The van der Waals surface area contributed by atoms with Crippen molar-refractivity contribution in [3.8, 4) is 5.75 Å². The number of hydrogen-bond acceptors (Lipinski definition) is 8. The van der Waals surface area contributed by atoms with E-state index in [1.807, 2.05) is 46.8 Å². The van der Waals surface area contributed by atoms with E-state index in [-0.39, 0.29) is 23.9 Å². The van der Waals surface area contributed by atoms with E-state index >= 15 is 0 Å². The van der Waals surface area contributed by atoms with E-state index in [1.54, 1.807) is 0 Å². The Hall–Kier alpha value is -2.91. The van der Waals surface area contributed by atoms with Gasteiger partial charge in [-0.05, 0) is 60.9 Å². The van der Waals surface area contributed by atoms with Gasteiger partial charge in [-0.1, -0.05) is 46.8 Å². The van der Waals surface area contributed by atoms with Crippen LogP contribution in [0, 0.1) is 19.3 Å². The Kier molecular flexibility index (Phi) is 11.1. The number of carbonyl (C=O) groups is 3. The van der Waals surface area contributed by atoms with Gasteiger partial charge >= 0.3 is 11.9 Å². The Morgan fingerprint density at radius 3 is 2.15 bits per heavy atom. The zero-order valence-electron chi connectivity index (χ0n) is 24.6. The average molecular weight is 562 g/mol. The van der Waals surface area contributed by atoms with Crippen LogP contribution in [0.5, 0.6) is 5.75 Å². The molecule has 2 N–H and O–H groups in total. The lowest BCUT2D eigenvalue weighted by Gasteiger charge is -2.32. The van der Waals surface area contributed by atoms with Crippen LogP contribution in [0.4, 0.5) is 0 Å². The van der Waals surface area contributed by atoms with Crippen molar-refractivity contribution < 1.29 is 33.7 Å². The molecule has 0 saturated heterocycles. The summed E-state index contributed by atoms with van der Waals surface area (Å²) in [5, 5.41) is 13.0. The van der Waals surface area contributed by atoms with Crippen LogP contribution in [0.2, 0.25) is 0 Å². The van der Waals surface area contributed by atoms with E-state index in [0.717, 1.165) is 40.2 Å². The van der Waals surface area contributed by atoms with E-state index in [1.165, 1.54) is 25.6 Å². The molecule has 0 fully saturated rings. The molecule has 1 aromatic heterocycles. The summed E-state index contributed by atoms with van der Waals surface area (Å²) < 4.78 is 15.4. The van der Waals surface area contributed by atoms with Gasteiger partial charge in [-0.15, -0.1) is 11.3 Å². The Bertz CT molecular complexity index is 1160. The number of thiophene rings is 1. The molecule has 0 radical (unpaired) electrons. The van der Waals surface area contributed by atoms with Gasteiger partial charge in [0.1, 0.15) is 18.4 Å². The summed E-state index contributed by atoms with van der Waals surface area (Å²) in [5.74, 6) is -1.06. The number of ether oxygens (including phenoxy) is 3. The van der Waals surface area contributed by atoms with Gasteiger partial charge < -0.3 is 24.6 Å². The Morgan fingerprint density at radius 1 is 1.00 bits per heavy atom. The Labute approximate surface area is 236 Å². The van der Waals surface area contributed by atoms with Crippen LogP contribution < -0.4 is 10.1 Å². The lowest BCUT2D eigenvalue weighted by atomic mass is 9.74. The normalized spacial score (nSPS) is 13.4. The maximum atomic E-state index is 13.2. The van der Waals surface area contributed by atoms with Gasteiger partial charge in [0.15, 0.2) is 0 Å². The van der Waals surface area contributed by atoms with Gasteiger partial charge in [-0.2, -0.15) is 0 Å². The van der Waals surface area contributed by atoms with Crippen molar-refractivity contribution >= 4 is 29.2 Å². The monoisotopic (exact) mass is 561 g/mol. The highest BCUT2D eigenvalue weighted by atomic mass is 32.1. The highest BCUT2D eigenvalue weighted by Gasteiger charge is 2.35. The molecule has 1 heterocycles. The minimum absolute atomic E-state index is 0.210. The standard InChI is InChI=1S/C30H43NO7S/c1-10-30(11-2,20-12-13-22(18(3)14-20)38-17-23(32)29(5,6)7)24-15-19(4)26(39-24)27(34)31-21(28(35)37-9)16-25(33)36-8/h12-15,21,23,32H,10-11,16-17H2,1-9H3,(H,31,34)/t21-,23?/m1/s1. The van der Waals surface area contributed by atoms with Crippen molar-refractivity contribution in [2.24, 2.45) is 5.41 Å². The predicted molar refractivity (Wildman–Crippen MR) is 152 cm³/mol. The zero-order chi connectivity index (χ0) is 29.5. The number of rotatable bonds is 12. The van der Waals surface area contributed by atoms with Gasteiger partial charge in [0.05, 0.1) is 31.6 Å². The summed E-state index contributed by atoms with van der Waals surface area (Å²) in [7, 11) is 2.42. The predicted octanol–water partition coefficient (Wildman–Crippen LogP) is 5.09. The third kappa shape index (κ3) is 7.60. The summed E-state index contributed by atoms with van der Waals surface area (Å²) in [5.41, 5.74) is 2.25. The minimum Gasteiger partial charge on any atom is -0.491 e. The number of hydrogen-bond donors (Lipinski definition) is 2. The topological polar surface area (TPSA) is 111 Å². The molecule has 2 rings (SSSR count). The third-order valence-electron chi connectivity index (χ3n) is 7.32. The molecule has 2 aromatic rings. The summed E-state index contributed by atoms with van der Waals surface area (Å²) in [6.07, 6.45) is 0.702. The Balaban J connectivity index is 2.37. The SMILES string of the molecule is CCC(CC)(c1ccc(OCC(O)C(C)(C)C)c(C)c1)c1cc(C)c(C(=O)N[C@H](CC(=O)OC)C(=O)OC)s1. The number of aryl methyl sites for hydroxylation is 2. The molecule has 0 aliphatic heterocycles. The van der Waals surface area contributed by atoms with Crippen LogP contribution in [0.25, 0.3) is 0 Å². The second kappa shape index (κ2) is 13.4. The first kappa shape index (κ1) is 32.3. The van der Waals surface area contributed by atoms with Gasteiger partial charge in [0.2, 0.25) is 0 Å². The fourth-order valence-electron chi connectivity index (χ4n) is 4.43. The van der Waals surface area contributed by atoms with Gasteiger partial charge in [0, 0.05) is 10.3 Å². The molecule has 0 spiro atoms. The molecule has 1 unspecified atom stereocenters. The lowest BCUT2D eigenvalue weighted by molar-refractivity contribution is -0.149. The molecule has 0 saturated carbocycles. The van der Waals surface area contributed by atoms with Crippen molar-refractivity contribution in [2.75, 3.05) is 20.8 Å². The highest BCUT2D eigenvalue weighted by Crippen LogP contribution is 2.44. The first-order valence-corrected chi connectivity index (χ1v) is 14.0. The maximum absolute atomic E-state index is 13.2. The van der Waals surface area contributed by atoms with Crippen molar-refractivity contribution in [2.45, 2.75) is 85.3 Å². The van der Waals surface area contributed by atoms with Gasteiger partial charge in [-0.25, -0.2) is 4.79 Å². The molecule has 8 nitrogen and oxygen atoms in total. The molecule has 39 heavy (non-hydrogen) atoms. The largest absolute Gasteiger partial charge is 0.491 e. The molecule has 0 aliphatic rings. The average Bonchev–Trinajstić information content (AvgIpc) is 3.29. The number of carbonyl (C=O) groups excluding carboxylic acids is 3. The van der Waals surface area contributed by atoms with E-state index in [9.17, 15) is 19.5 Å². The van der Waals surface area contributed by atoms with Crippen LogP contribution >= 0.6 is 11.3 Å². The van der Waals surface area contributed by atoms with E-state index in [0.29, 0.717) is 4.88 Å². The van der Waals surface area contributed by atoms with Crippen molar-refractivity contribution in [1.29, 1.82) is 0 Å². The van der Waals surface area contributed by atoms with Crippen LogP contribution in [0.3, 0.4) is 0 Å². The molecule has 1 aromatic carbocycles. The molecule has 0 bridgehead atoms. The summed E-state index contributed by atoms with van der Waals surface area (Å²) in [6.45, 7) is 14.2. The number of methoxy groups -OCH3 is 2. The van der Waals surface area contributed by atoms with E-state index in [2.05, 4.69) is 36.0 Å². The number of aliphatic hydroxyl groups excluding tert-OH is 1. The summed E-state index contributed by atoms with van der Waals surface area (Å²) in [4.78, 5) is 38.7. The molecule has 1 amide bonds. The first-order valence-electron chi connectivity index (χ1n) is 13.2. The summed E-state index contributed by atoms with van der Waals surface area (Å²) >= 11 is 1.39. The van der Waals surface area contributed by atoms with Gasteiger partial charge in [-0.3, -0.25) is 9.59 Å². The van der Waals surface area contributed by atoms with Crippen LogP contribution in [-0.2, 0) is 24.5 Å². The fraction of sp³-hybridized carbons (Fsp3) is 0.567. The minimum atomic E-state index is -1.14. The number of benzene rings is 1. The smallest absolute Gasteiger partial charge is 0.328 e. The number of nitrogens with one attached hydrogen (secondary N) is 1. The molecule has 2 atom stereocenters. The third-order valence-corrected chi connectivity index (χ3v) is 8.76. The fourth-order valence-corrected chi connectivity index (χ4v) is 5.86. The molecule has 9 heteroatoms. The number of amides is 1. The zero-order valence-corrected chi connectivity index (χ0v) is 25.4. The highest BCUT2D eigenvalue weighted by molar-refractivity contribution is 7.14. The van der Waals surface area contributed by atoms with E-state index in [4.69, 9.17) is 9.47 Å². The molecule has 216 valence electrons. The molecule has 0 aliphatic carbocycles. The summed E-state index contributed by atoms with van der Waals surface area (Å²) in [6, 6.07) is 7.00. The quantitative estimate of drug-likeness (QED) is 0.347. The second-order valence-corrected chi connectivity index (χ2v) is 12.0. The van der Waals surface area contributed by atoms with E-state index < -0.39 is 30.0 Å². The molecular weight excluding hydrogens is 518 g/mol. The molecular formula is C30H43NO7S. The van der Waals surface area contributed by atoms with Gasteiger partial charge in [0.25, 0.3) is 5.91 Å². The maximum Gasteiger partial charge on any atom is 0.328 e. The van der Waals surface area contributed by atoms with Crippen molar-refractivity contribution in [3.63, 3.8) is 0 Å². The second-order valence-electron chi connectivity index (χ2n) is 10.9. The number of esters is 2. The Morgan fingerprint density at radius 2 is 1.64 bits per heavy atom. The van der Waals surface area contributed by atoms with Crippen LogP contribution in [0.15, 0.2) is 24.3 Å². The first-order chi connectivity index (χ1) is 18.2. The number of aliphatic hydroxyl groups is 1. The van der Waals surface area contributed by atoms with Crippen molar-refractivity contribution in [1.82, 2.24) is 5.32 Å². The van der Waals surface area contributed by atoms with Crippen LogP contribution in [-0.4, -0.2) is 55.9 Å². The lowest BCUT2D eigenvalue weighted by Crippen LogP contribution is -2.43. The van der Waals surface area contributed by atoms with Crippen molar-refractivity contribution in [3.05, 3.63) is 50.7 Å². The van der Waals surface area contributed by atoms with Crippen LogP contribution in [0.1, 0.15) is 85.1 Å².